The number of nitrogens with zero attached hydrogens (tertiary/aromatic N) is 2. The van der Waals surface area contributed by atoms with Gasteiger partial charge in [0.2, 0.25) is 0 Å². The van der Waals surface area contributed by atoms with Crippen molar-refractivity contribution in [3.05, 3.63) is 59.2 Å². The zero-order valence-corrected chi connectivity index (χ0v) is 14.0. The average molecular weight is 342 g/mol. The molecule has 6 heteroatoms. The maximum Gasteiger partial charge on any atom is 0.255 e. The first kappa shape index (κ1) is 16.1. The van der Waals surface area contributed by atoms with Crippen LogP contribution in [0.1, 0.15) is 10.4 Å². The SMILES string of the molecule is CN(C)c1cc(C(=O)Nc2cccc3c(O)cccc23)cc(Cl)n1. The average Bonchev–Trinajstić information content (AvgIpc) is 2.55. The number of halogens is 1. The van der Waals surface area contributed by atoms with E-state index in [9.17, 15) is 9.90 Å². The molecule has 0 unspecified atom stereocenters. The van der Waals surface area contributed by atoms with E-state index in [0.29, 0.717) is 22.5 Å². The number of hydrogen-bond acceptors (Lipinski definition) is 4. The molecule has 0 saturated heterocycles. The summed E-state index contributed by atoms with van der Waals surface area (Å²) in [7, 11) is 3.65. The van der Waals surface area contributed by atoms with Gasteiger partial charge in [0, 0.05) is 36.1 Å². The Kier molecular flexibility index (Phi) is 4.27. The third-order valence-electron chi connectivity index (χ3n) is 3.65. The first-order chi connectivity index (χ1) is 11.5. The minimum Gasteiger partial charge on any atom is -0.507 e. The quantitative estimate of drug-likeness (QED) is 0.709. The number of aromatic nitrogens is 1. The van der Waals surface area contributed by atoms with Gasteiger partial charge in [0.15, 0.2) is 0 Å². The van der Waals surface area contributed by atoms with Gasteiger partial charge in [-0.05, 0) is 24.3 Å². The molecule has 24 heavy (non-hydrogen) atoms. The molecule has 5 nitrogen and oxygen atoms in total. The number of phenolic OH excluding ortho intramolecular Hbond substituents is 1. The van der Waals surface area contributed by atoms with E-state index in [1.807, 2.05) is 20.2 Å². The summed E-state index contributed by atoms with van der Waals surface area (Å²) in [6, 6.07) is 13.7. The molecular weight excluding hydrogens is 326 g/mol. The molecule has 0 atom stereocenters. The number of hydrogen-bond donors (Lipinski definition) is 2. The normalized spacial score (nSPS) is 10.6. The highest BCUT2D eigenvalue weighted by Gasteiger charge is 2.12. The van der Waals surface area contributed by atoms with Gasteiger partial charge in [0.05, 0.1) is 0 Å². The maximum absolute atomic E-state index is 12.6. The lowest BCUT2D eigenvalue weighted by Crippen LogP contribution is -2.15. The van der Waals surface area contributed by atoms with Crippen LogP contribution in [0.2, 0.25) is 5.15 Å². The molecule has 3 aromatic rings. The van der Waals surface area contributed by atoms with Crippen molar-refractivity contribution in [3.63, 3.8) is 0 Å². The molecule has 0 aliphatic rings. The number of amides is 1. The maximum atomic E-state index is 12.6. The van der Waals surface area contributed by atoms with Gasteiger partial charge < -0.3 is 15.3 Å². The first-order valence-corrected chi connectivity index (χ1v) is 7.70. The summed E-state index contributed by atoms with van der Waals surface area (Å²) >= 11 is 6.01. The zero-order chi connectivity index (χ0) is 17.3. The number of phenols is 1. The van der Waals surface area contributed by atoms with Gasteiger partial charge in [0.1, 0.15) is 16.7 Å². The Morgan fingerprint density at radius 3 is 2.58 bits per heavy atom. The number of pyridine rings is 1. The van der Waals surface area contributed by atoms with Crippen LogP contribution >= 0.6 is 11.6 Å². The van der Waals surface area contributed by atoms with E-state index in [1.54, 1.807) is 41.3 Å². The van der Waals surface area contributed by atoms with Gasteiger partial charge >= 0.3 is 0 Å². The molecule has 0 spiro atoms. The van der Waals surface area contributed by atoms with Crippen LogP contribution in [-0.4, -0.2) is 30.1 Å². The molecule has 0 aliphatic heterocycles. The molecule has 122 valence electrons. The van der Waals surface area contributed by atoms with E-state index in [-0.39, 0.29) is 16.8 Å². The predicted molar refractivity (Wildman–Crippen MR) is 97.1 cm³/mol. The van der Waals surface area contributed by atoms with Crippen molar-refractivity contribution in [2.75, 3.05) is 24.3 Å². The Labute approximate surface area is 144 Å². The summed E-state index contributed by atoms with van der Waals surface area (Å²) in [6.45, 7) is 0. The number of aromatic hydroxyl groups is 1. The molecule has 0 saturated carbocycles. The molecule has 1 aromatic heterocycles. The van der Waals surface area contributed by atoms with Crippen molar-refractivity contribution in [3.8, 4) is 5.75 Å². The minimum absolute atomic E-state index is 0.172. The Balaban J connectivity index is 1.98. The van der Waals surface area contributed by atoms with Crippen molar-refractivity contribution >= 4 is 39.8 Å². The van der Waals surface area contributed by atoms with Gasteiger partial charge in [-0.2, -0.15) is 0 Å². The van der Waals surface area contributed by atoms with Crippen molar-refractivity contribution < 1.29 is 9.90 Å². The molecule has 1 heterocycles. The van der Waals surface area contributed by atoms with Crippen LogP contribution in [0.15, 0.2) is 48.5 Å². The summed E-state index contributed by atoms with van der Waals surface area (Å²) in [5.74, 6) is 0.479. The summed E-state index contributed by atoms with van der Waals surface area (Å²) in [5, 5.41) is 14.5. The smallest absolute Gasteiger partial charge is 0.255 e. The van der Waals surface area contributed by atoms with Crippen molar-refractivity contribution in [2.45, 2.75) is 0 Å². The second-order valence-electron chi connectivity index (χ2n) is 5.56. The van der Waals surface area contributed by atoms with Crippen LogP contribution in [0, 0.1) is 0 Å². The van der Waals surface area contributed by atoms with Crippen LogP contribution in [-0.2, 0) is 0 Å². The molecule has 0 aliphatic carbocycles. The van der Waals surface area contributed by atoms with E-state index in [4.69, 9.17) is 11.6 Å². The number of fused-ring (bicyclic) bond motifs is 1. The molecule has 2 aromatic carbocycles. The van der Waals surface area contributed by atoms with Crippen molar-refractivity contribution in [1.29, 1.82) is 0 Å². The third kappa shape index (κ3) is 3.12. The second-order valence-corrected chi connectivity index (χ2v) is 5.95. The van der Waals surface area contributed by atoms with Crippen molar-refractivity contribution in [2.24, 2.45) is 0 Å². The lowest BCUT2D eigenvalue weighted by atomic mass is 10.1. The lowest BCUT2D eigenvalue weighted by molar-refractivity contribution is 0.102. The Bertz CT molecular complexity index is 925. The van der Waals surface area contributed by atoms with E-state index < -0.39 is 0 Å². The Morgan fingerprint density at radius 1 is 1.12 bits per heavy atom. The molecule has 0 bridgehead atoms. The molecule has 2 N–H and O–H groups in total. The summed E-state index contributed by atoms with van der Waals surface area (Å²) in [5.41, 5.74) is 1.03. The predicted octanol–water partition coefficient (Wildman–Crippen LogP) is 3.91. The van der Waals surface area contributed by atoms with E-state index in [1.165, 1.54) is 6.07 Å². The molecule has 0 fully saturated rings. The van der Waals surface area contributed by atoms with Crippen LogP contribution in [0.25, 0.3) is 10.8 Å². The third-order valence-corrected chi connectivity index (χ3v) is 3.84. The molecular formula is C18H16ClN3O2. The van der Waals surface area contributed by atoms with Crippen LogP contribution in [0.4, 0.5) is 11.5 Å². The van der Waals surface area contributed by atoms with Gasteiger partial charge in [0.25, 0.3) is 5.91 Å². The topological polar surface area (TPSA) is 65.5 Å². The molecule has 0 radical (unpaired) electrons. The van der Waals surface area contributed by atoms with Gasteiger partial charge in [-0.3, -0.25) is 4.79 Å². The summed E-state index contributed by atoms with van der Waals surface area (Å²) in [6.07, 6.45) is 0. The van der Waals surface area contributed by atoms with E-state index in [2.05, 4.69) is 10.3 Å². The number of carbonyl (C=O) groups excluding carboxylic acids is 1. The minimum atomic E-state index is -0.293. The number of anilines is 2. The number of nitrogens with one attached hydrogen (secondary N) is 1. The fourth-order valence-corrected chi connectivity index (χ4v) is 2.64. The first-order valence-electron chi connectivity index (χ1n) is 7.32. The number of carbonyl (C=O) groups is 1. The molecule has 3 rings (SSSR count). The van der Waals surface area contributed by atoms with Gasteiger partial charge in [-0.15, -0.1) is 0 Å². The number of benzene rings is 2. The van der Waals surface area contributed by atoms with E-state index in [0.717, 1.165) is 5.39 Å². The van der Waals surface area contributed by atoms with Crippen molar-refractivity contribution in [1.82, 2.24) is 4.98 Å². The largest absolute Gasteiger partial charge is 0.507 e. The highest BCUT2D eigenvalue weighted by atomic mass is 35.5. The van der Waals surface area contributed by atoms with Gasteiger partial charge in [-0.25, -0.2) is 4.98 Å². The van der Waals surface area contributed by atoms with E-state index >= 15 is 0 Å². The Hall–Kier alpha value is -2.79. The lowest BCUT2D eigenvalue weighted by Gasteiger charge is -2.14. The Morgan fingerprint density at radius 2 is 1.83 bits per heavy atom. The summed E-state index contributed by atoms with van der Waals surface area (Å²) in [4.78, 5) is 18.5. The standard InChI is InChI=1S/C18H16ClN3O2/c1-22(2)17-10-11(9-16(19)21-17)18(24)20-14-7-3-6-13-12(14)5-4-8-15(13)23/h3-10,23H,1-2H3,(H,20,24). The van der Waals surface area contributed by atoms with Crippen LogP contribution in [0.5, 0.6) is 5.75 Å². The molecule has 1 amide bonds. The number of rotatable bonds is 3. The second kappa shape index (κ2) is 6.37. The van der Waals surface area contributed by atoms with Crippen LogP contribution < -0.4 is 10.2 Å². The fraction of sp³-hybridized carbons (Fsp3) is 0.111. The highest BCUT2D eigenvalue weighted by Crippen LogP contribution is 2.30. The monoisotopic (exact) mass is 341 g/mol. The van der Waals surface area contributed by atoms with Gasteiger partial charge in [-0.1, -0.05) is 35.9 Å². The zero-order valence-electron chi connectivity index (χ0n) is 13.2. The fourth-order valence-electron chi connectivity index (χ4n) is 2.44. The summed E-state index contributed by atoms with van der Waals surface area (Å²) < 4.78 is 0. The van der Waals surface area contributed by atoms with Crippen LogP contribution in [0.3, 0.4) is 0 Å². The highest BCUT2D eigenvalue weighted by molar-refractivity contribution is 6.30.